The van der Waals surface area contributed by atoms with Gasteiger partial charge in [0.05, 0.1) is 23.9 Å². The summed E-state index contributed by atoms with van der Waals surface area (Å²) in [7, 11) is 0. The SMILES string of the molecule is CC[C@]1(O)CC[C@@]2(C)[C@H](CC[C@@H]3[C@@H]2CC[C@]2(C)[C@@H](C4=COC(=O)C4)CC[C@]32O)C1. The molecule has 4 aliphatic carbocycles. The summed E-state index contributed by atoms with van der Waals surface area (Å²) in [6.45, 7) is 6.87. The van der Waals surface area contributed by atoms with Gasteiger partial charge in [0.25, 0.3) is 0 Å². The molecule has 5 aliphatic rings. The Bertz CT molecular complexity index is 745. The van der Waals surface area contributed by atoms with Gasteiger partial charge in [0.1, 0.15) is 0 Å². The van der Waals surface area contributed by atoms with Gasteiger partial charge in [-0.15, -0.1) is 0 Å². The van der Waals surface area contributed by atoms with Crippen LogP contribution < -0.4 is 0 Å². The van der Waals surface area contributed by atoms with Crippen molar-refractivity contribution in [2.75, 3.05) is 0 Å². The molecule has 4 heteroatoms. The van der Waals surface area contributed by atoms with Gasteiger partial charge in [0.2, 0.25) is 0 Å². The monoisotopic (exact) mass is 402 g/mol. The standard InChI is InChI=1S/C25H38O4/c1-4-24(27)12-11-22(2)17(14-24)5-6-20-19(22)7-9-23(3)18(8-10-25(20,23)28)16-13-21(26)29-15-16/h15,17-20,27-28H,4-14H2,1-3H3/t17-,18-,19+,20-,22+,23-,24+,25+/m1/s1. The average Bonchev–Trinajstić information content (AvgIpc) is 3.23. The van der Waals surface area contributed by atoms with Crippen LogP contribution in [0.4, 0.5) is 0 Å². The van der Waals surface area contributed by atoms with Crippen LogP contribution in [-0.2, 0) is 9.53 Å². The zero-order valence-corrected chi connectivity index (χ0v) is 18.4. The Labute approximate surface area is 175 Å². The van der Waals surface area contributed by atoms with Crippen LogP contribution in [0, 0.1) is 34.5 Å². The summed E-state index contributed by atoms with van der Waals surface area (Å²) in [5, 5.41) is 23.2. The van der Waals surface area contributed by atoms with Crippen molar-refractivity contribution in [1.82, 2.24) is 0 Å². The van der Waals surface area contributed by atoms with Gasteiger partial charge < -0.3 is 14.9 Å². The highest BCUT2D eigenvalue weighted by molar-refractivity contribution is 5.76. The Morgan fingerprint density at radius 3 is 2.52 bits per heavy atom. The first-order chi connectivity index (χ1) is 13.7. The van der Waals surface area contributed by atoms with Crippen molar-refractivity contribution in [2.24, 2.45) is 34.5 Å². The molecular weight excluding hydrogens is 364 g/mol. The van der Waals surface area contributed by atoms with E-state index in [1.54, 1.807) is 6.26 Å². The normalized spacial score (nSPS) is 54.2. The van der Waals surface area contributed by atoms with E-state index < -0.39 is 11.2 Å². The fourth-order valence-electron chi connectivity index (χ4n) is 8.80. The lowest BCUT2D eigenvalue weighted by molar-refractivity contribution is -0.215. The van der Waals surface area contributed by atoms with Crippen molar-refractivity contribution in [3.63, 3.8) is 0 Å². The third-order valence-corrected chi connectivity index (χ3v) is 10.8. The minimum atomic E-state index is -0.639. The lowest BCUT2D eigenvalue weighted by atomic mass is 9.42. The Hall–Kier alpha value is -0.870. The highest BCUT2D eigenvalue weighted by Gasteiger charge is 2.68. The quantitative estimate of drug-likeness (QED) is 0.655. The van der Waals surface area contributed by atoms with E-state index in [1.165, 1.54) is 6.42 Å². The number of hydrogen-bond acceptors (Lipinski definition) is 4. The molecule has 0 spiro atoms. The number of carbonyl (C=O) groups excluding carboxylic acids is 1. The van der Waals surface area contributed by atoms with Crippen LogP contribution in [-0.4, -0.2) is 27.4 Å². The van der Waals surface area contributed by atoms with E-state index in [1.807, 2.05) is 0 Å². The predicted octanol–water partition coefficient (Wildman–Crippen LogP) is 4.73. The number of hydrogen-bond donors (Lipinski definition) is 2. The number of fused-ring (bicyclic) bond motifs is 5. The van der Waals surface area contributed by atoms with Crippen LogP contribution in [0.2, 0.25) is 0 Å². The average molecular weight is 403 g/mol. The van der Waals surface area contributed by atoms with Crippen LogP contribution in [0.25, 0.3) is 0 Å². The summed E-state index contributed by atoms with van der Waals surface area (Å²) in [6.07, 6.45) is 12.1. The first kappa shape index (κ1) is 20.1. The second-order valence-electron chi connectivity index (χ2n) is 11.6. The molecule has 0 unspecified atom stereocenters. The molecule has 0 aromatic heterocycles. The van der Waals surface area contributed by atoms with Gasteiger partial charge in [-0.05, 0) is 98.9 Å². The maximum absolute atomic E-state index is 12.2. The summed E-state index contributed by atoms with van der Waals surface area (Å²) in [4.78, 5) is 11.7. The number of cyclic esters (lactones) is 1. The Kier molecular flexibility index (Phi) is 4.37. The van der Waals surface area contributed by atoms with E-state index in [0.717, 1.165) is 63.4 Å². The topological polar surface area (TPSA) is 66.8 Å². The molecule has 4 fully saturated rings. The van der Waals surface area contributed by atoms with Crippen molar-refractivity contribution in [1.29, 1.82) is 0 Å². The van der Waals surface area contributed by atoms with E-state index >= 15 is 0 Å². The molecule has 2 N–H and O–H groups in total. The Balaban J connectivity index is 1.43. The fourth-order valence-corrected chi connectivity index (χ4v) is 8.80. The van der Waals surface area contributed by atoms with Crippen molar-refractivity contribution in [2.45, 2.75) is 103 Å². The summed E-state index contributed by atoms with van der Waals surface area (Å²) < 4.78 is 5.15. The number of carbonyl (C=O) groups is 1. The zero-order chi connectivity index (χ0) is 20.7. The Morgan fingerprint density at radius 1 is 1.03 bits per heavy atom. The number of ether oxygens (including phenoxy) is 1. The lowest BCUT2D eigenvalue weighted by Gasteiger charge is -2.64. The molecular formula is C25H38O4. The maximum Gasteiger partial charge on any atom is 0.314 e. The maximum atomic E-state index is 12.2. The van der Waals surface area contributed by atoms with E-state index in [2.05, 4.69) is 20.8 Å². The fraction of sp³-hybridized carbons (Fsp3) is 0.880. The summed E-state index contributed by atoms with van der Waals surface area (Å²) in [5.41, 5.74) is 0.0787. The van der Waals surface area contributed by atoms with Crippen molar-refractivity contribution >= 4 is 5.97 Å². The third-order valence-electron chi connectivity index (χ3n) is 10.8. The molecule has 4 nitrogen and oxygen atoms in total. The highest BCUT2D eigenvalue weighted by Crippen LogP contribution is 2.70. The molecule has 5 rings (SSSR count). The predicted molar refractivity (Wildman–Crippen MR) is 111 cm³/mol. The molecule has 4 saturated carbocycles. The minimum Gasteiger partial charge on any atom is -0.434 e. The summed E-state index contributed by atoms with van der Waals surface area (Å²) in [5.74, 6) is 1.60. The van der Waals surface area contributed by atoms with Crippen molar-refractivity contribution < 1.29 is 19.7 Å². The lowest BCUT2D eigenvalue weighted by Crippen LogP contribution is -2.63. The van der Waals surface area contributed by atoms with Crippen molar-refractivity contribution in [3.8, 4) is 0 Å². The highest BCUT2D eigenvalue weighted by atomic mass is 16.5. The van der Waals surface area contributed by atoms with Crippen LogP contribution in [0.15, 0.2) is 11.8 Å². The van der Waals surface area contributed by atoms with E-state index in [0.29, 0.717) is 24.2 Å². The number of aliphatic hydroxyl groups is 2. The van der Waals surface area contributed by atoms with E-state index in [9.17, 15) is 15.0 Å². The van der Waals surface area contributed by atoms with Crippen LogP contribution >= 0.6 is 0 Å². The molecule has 0 aromatic rings. The third kappa shape index (κ3) is 2.60. The minimum absolute atomic E-state index is 0.147. The molecule has 8 atom stereocenters. The zero-order valence-electron chi connectivity index (χ0n) is 18.4. The van der Waals surface area contributed by atoms with Gasteiger partial charge in [0, 0.05) is 5.41 Å². The van der Waals surface area contributed by atoms with E-state index in [-0.39, 0.29) is 22.7 Å². The summed E-state index contributed by atoms with van der Waals surface area (Å²) in [6, 6.07) is 0. The molecule has 0 aromatic carbocycles. The first-order valence-electron chi connectivity index (χ1n) is 12.0. The molecule has 0 saturated heterocycles. The first-order valence-corrected chi connectivity index (χ1v) is 12.0. The smallest absolute Gasteiger partial charge is 0.314 e. The van der Waals surface area contributed by atoms with Gasteiger partial charge in [0.15, 0.2) is 0 Å². The second kappa shape index (κ2) is 6.32. The van der Waals surface area contributed by atoms with Crippen LogP contribution in [0.5, 0.6) is 0 Å². The van der Waals surface area contributed by atoms with Gasteiger partial charge >= 0.3 is 5.97 Å². The second-order valence-corrected chi connectivity index (χ2v) is 11.6. The van der Waals surface area contributed by atoms with Crippen molar-refractivity contribution in [3.05, 3.63) is 11.8 Å². The van der Waals surface area contributed by atoms with Crippen LogP contribution in [0.3, 0.4) is 0 Å². The largest absolute Gasteiger partial charge is 0.434 e. The molecule has 29 heavy (non-hydrogen) atoms. The molecule has 0 amide bonds. The Morgan fingerprint density at radius 2 is 1.83 bits per heavy atom. The molecule has 0 bridgehead atoms. The number of rotatable bonds is 2. The van der Waals surface area contributed by atoms with Gasteiger partial charge in [-0.3, -0.25) is 4.79 Å². The van der Waals surface area contributed by atoms with E-state index in [4.69, 9.17) is 4.74 Å². The van der Waals surface area contributed by atoms with Gasteiger partial charge in [-0.2, -0.15) is 0 Å². The van der Waals surface area contributed by atoms with Crippen LogP contribution in [0.1, 0.15) is 91.4 Å². The molecule has 0 radical (unpaired) electrons. The van der Waals surface area contributed by atoms with Gasteiger partial charge in [-0.1, -0.05) is 20.8 Å². The summed E-state index contributed by atoms with van der Waals surface area (Å²) >= 11 is 0. The van der Waals surface area contributed by atoms with Gasteiger partial charge in [-0.25, -0.2) is 0 Å². The molecule has 1 aliphatic heterocycles. The number of esters is 1. The molecule has 162 valence electrons. The molecule has 1 heterocycles.